The molecule has 1 N–H and O–H groups in total. The molecule has 112 valence electrons. The summed E-state index contributed by atoms with van der Waals surface area (Å²) in [7, 11) is 1.94. The maximum absolute atomic E-state index is 13.4. The lowest BCUT2D eigenvalue weighted by Gasteiger charge is -2.16. The van der Waals surface area contributed by atoms with Crippen LogP contribution in [0.5, 0.6) is 0 Å². The number of nitrogens with zero attached hydrogens (tertiary/aromatic N) is 1. The van der Waals surface area contributed by atoms with Gasteiger partial charge in [-0.25, -0.2) is 4.39 Å². The van der Waals surface area contributed by atoms with Crippen LogP contribution in [0.2, 0.25) is 0 Å². The fraction of sp³-hybridized carbons (Fsp3) is 0.438. The van der Waals surface area contributed by atoms with E-state index in [1.165, 1.54) is 23.5 Å². The Morgan fingerprint density at radius 1 is 1.52 bits per heavy atom. The molecule has 21 heavy (non-hydrogen) atoms. The smallest absolute Gasteiger partial charge is 0.264 e. The average molecular weight is 306 g/mol. The molecular weight excluding hydrogens is 287 g/mol. The maximum Gasteiger partial charge on any atom is 0.264 e. The summed E-state index contributed by atoms with van der Waals surface area (Å²) in [5.74, 6) is 0.372. The standard InChI is InChI=1S/C16H19FN2OS/c1-10-13-7-12(17)3-4-14(13)21-15(10)16(20)19-6-5-11(9-19)8-18-2/h3-4,7,11,18H,5-6,8-9H2,1-2H3. The Morgan fingerprint density at radius 3 is 3.10 bits per heavy atom. The zero-order valence-corrected chi connectivity index (χ0v) is 13.1. The van der Waals surface area contributed by atoms with Crippen molar-refractivity contribution in [3.8, 4) is 0 Å². The number of nitrogens with one attached hydrogen (secondary N) is 1. The van der Waals surface area contributed by atoms with Crippen molar-refractivity contribution in [2.24, 2.45) is 5.92 Å². The molecule has 0 aliphatic carbocycles. The SMILES string of the molecule is CNCC1CCN(C(=O)c2sc3ccc(F)cc3c2C)C1. The number of rotatable bonds is 3. The minimum atomic E-state index is -0.252. The number of carbonyl (C=O) groups is 1. The summed E-state index contributed by atoms with van der Waals surface area (Å²) in [6.07, 6.45) is 1.05. The predicted octanol–water partition coefficient (Wildman–Crippen LogP) is 3.03. The summed E-state index contributed by atoms with van der Waals surface area (Å²) < 4.78 is 14.3. The van der Waals surface area contributed by atoms with Gasteiger partial charge >= 0.3 is 0 Å². The summed E-state index contributed by atoms with van der Waals surface area (Å²) in [4.78, 5) is 15.4. The second-order valence-electron chi connectivity index (χ2n) is 5.66. The van der Waals surface area contributed by atoms with Gasteiger partial charge in [0.2, 0.25) is 0 Å². The molecule has 3 rings (SSSR count). The highest BCUT2D eigenvalue weighted by Crippen LogP contribution is 2.33. The third-order valence-electron chi connectivity index (χ3n) is 4.16. The van der Waals surface area contributed by atoms with Gasteiger partial charge < -0.3 is 10.2 Å². The van der Waals surface area contributed by atoms with Gasteiger partial charge in [0.1, 0.15) is 5.82 Å². The number of halogens is 1. The van der Waals surface area contributed by atoms with Crippen LogP contribution >= 0.6 is 11.3 Å². The minimum absolute atomic E-state index is 0.0905. The van der Waals surface area contributed by atoms with Crippen molar-refractivity contribution in [1.29, 1.82) is 0 Å². The molecule has 1 fully saturated rings. The number of carbonyl (C=O) groups excluding carboxylic acids is 1. The predicted molar refractivity (Wildman–Crippen MR) is 84.5 cm³/mol. The summed E-state index contributed by atoms with van der Waals surface area (Å²) in [6, 6.07) is 4.73. The number of hydrogen-bond donors (Lipinski definition) is 1. The summed E-state index contributed by atoms with van der Waals surface area (Å²) in [6.45, 7) is 4.47. The molecular formula is C16H19FN2OS. The van der Waals surface area contributed by atoms with Crippen molar-refractivity contribution in [2.45, 2.75) is 13.3 Å². The molecule has 0 radical (unpaired) electrons. The molecule has 0 saturated carbocycles. The molecule has 1 amide bonds. The van der Waals surface area contributed by atoms with Crippen LogP contribution in [0.3, 0.4) is 0 Å². The van der Waals surface area contributed by atoms with E-state index in [9.17, 15) is 9.18 Å². The van der Waals surface area contributed by atoms with Crippen LogP contribution in [0.1, 0.15) is 21.7 Å². The van der Waals surface area contributed by atoms with Gasteiger partial charge in [-0.15, -0.1) is 11.3 Å². The van der Waals surface area contributed by atoms with E-state index in [0.717, 1.165) is 46.6 Å². The molecule has 1 aromatic carbocycles. The Bertz CT molecular complexity index is 682. The summed E-state index contributed by atoms with van der Waals surface area (Å²) in [5, 5.41) is 4.03. The molecule has 2 heterocycles. The molecule has 1 aromatic heterocycles. The largest absolute Gasteiger partial charge is 0.338 e. The number of aryl methyl sites for hydroxylation is 1. The molecule has 1 aliphatic rings. The number of fused-ring (bicyclic) bond motifs is 1. The van der Waals surface area contributed by atoms with Crippen LogP contribution in [-0.4, -0.2) is 37.5 Å². The molecule has 0 spiro atoms. The molecule has 1 saturated heterocycles. The quantitative estimate of drug-likeness (QED) is 0.945. The molecule has 1 unspecified atom stereocenters. The Labute approximate surface area is 127 Å². The van der Waals surface area contributed by atoms with Crippen molar-refractivity contribution in [3.05, 3.63) is 34.5 Å². The van der Waals surface area contributed by atoms with Gasteiger partial charge in [0.05, 0.1) is 4.88 Å². The van der Waals surface area contributed by atoms with Gasteiger partial charge in [0.15, 0.2) is 0 Å². The van der Waals surface area contributed by atoms with Crippen LogP contribution in [0, 0.1) is 18.7 Å². The van der Waals surface area contributed by atoms with E-state index in [1.54, 1.807) is 6.07 Å². The molecule has 1 atom stereocenters. The number of thiophene rings is 1. The van der Waals surface area contributed by atoms with E-state index in [0.29, 0.717) is 5.92 Å². The van der Waals surface area contributed by atoms with Crippen molar-refractivity contribution in [2.75, 3.05) is 26.7 Å². The number of likely N-dealkylation sites (tertiary alicyclic amines) is 1. The highest BCUT2D eigenvalue weighted by atomic mass is 32.1. The lowest BCUT2D eigenvalue weighted by molar-refractivity contribution is 0.0791. The van der Waals surface area contributed by atoms with Gasteiger partial charge in [-0.1, -0.05) is 0 Å². The van der Waals surface area contributed by atoms with E-state index in [1.807, 2.05) is 18.9 Å². The van der Waals surface area contributed by atoms with Crippen LogP contribution in [0.4, 0.5) is 4.39 Å². The number of benzene rings is 1. The van der Waals surface area contributed by atoms with Crippen LogP contribution < -0.4 is 5.32 Å². The number of amides is 1. The monoisotopic (exact) mass is 306 g/mol. The molecule has 2 aromatic rings. The third kappa shape index (κ3) is 2.68. The Balaban J connectivity index is 1.87. The van der Waals surface area contributed by atoms with Gasteiger partial charge in [-0.05, 0) is 62.0 Å². The zero-order valence-electron chi connectivity index (χ0n) is 12.3. The lowest BCUT2D eigenvalue weighted by atomic mass is 10.1. The normalized spacial score (nSPS) is 18.6. The lowest BCUT2D eigenvalue weighted by Crippen LogP contribution is -2.30. The Kier molecular flexibility index (Phi) is 3.95. The third-order valence-corrected chi connectivity index (χ3v) is 5.42. The zero-order chi connectivity index (χ0) is 15.0. The minimum Gasteiger partial charge on any atom is -0.338 e. The second kappa shape index (κ2) is 5.73. The van der Waals surface area contributed by atoms with Crippen LogP contribution in [0.15, 0.2) is 18.2 Å². The van der Waals surface area contributed by atoms with Crippen molar-refractivity contribution < 1.29 is 9.18 Å². The van der Waals surface area contributed by atoms with E-state index in [2.05, 4.69) is 5.32 Å². The topological polar surface area (TPSA) is 32.3 Å². The van der Waals surface area contributed by atoms with Gasteiger partial charge in [-0.3, -0.25) is 4.79 Å². The molecule has 1 aliphatic heterocycles. The van der Waals surface area contributed by atoms with E-state index >= 15 is 0 Å². The first kappa shape index (κ1) is 14.5. The fourth-order valence-corrected chi connectivity index (χ4v) is 4.17. The van der Waals surface area contributed by atoms with Crippen molar-refractivity contribution in [1.82, 2.24) is 10.2 Å². The van der Waals surface area contributed by atoms with E-state index < -0.39 is 0 Å². The van der Waals surface area contributed by atoms with Gasteiger partial charge in [0, 0.05) is 17.8 Å². The maximum atomic E-state index is 13.4. The van der Waals surface area contributed by atoms with Crippen LogP contribution in [0.25, 0.3) is 10.1 Å². The first-order valence-corrected chi connectivity index (χ1v) is 8.04. The summed E-state index contributed by atoms with van der Waals surface area (Å²) >= 11 is 1.47. The molecule has 5 heteroatoms. The highest BCUT2D eigenvalue weighted by molar-refractivity contribution is 7.21. The summed E-state index contributed by atoms with van der Waals surface area (Å²) in [5.41, 5.74) is 0.900. The molecule has 3 nitrogen and oxygen atoms in total. The number of hydrogen-bond acceptors (Lipinski definition) is 3. The first-order chi connectivity index (χ1) is 10.1. The first-order valence-electron chi connectivity index (χ1n) is 7.22. The highest BCUT2D eigenvalue weighted by Gasteiger charge is 2.28. The average Bonchev–Trinajstić information content (AvgIpc) is 3.05. The van der Waals surface area contributed by atoms with E-state index in [4.69, 9.17) is 0 Å². The van der Waals surface area contributed by atoms with Gasteiger partial charge in [-0.2, -0.15) is 0 Å². The Hall–Kier alpha value is -1.46. The van der Waals surface area contributed by atoms with Gasteiger partial charge in [0.25, 0.3) is 5.91 Å². The van der Waals surface area contributed by atoms with Crippen molar-refractivity contribution in [3.63, 3.8) is 0 Å². The van der Waals surface area contributed by atoms with Crippen molar-refractivity contribution >= 4 is 27.3 Å². The Morgan fingerprint density at radius 2 is 2.33 bits per heavy atom. The van der Waals surface area contributed by atoms with E-state index in [-0.39, 0.29) is 11.7 Å². The molecule has 0 bridgehead atoms. The second-order valence-corrected chi connectivity index (χ2v) is 6.71. The fourth-order valence-electron chi connectivity index (χ4n) is 3.01. The van der Waals surface area contributed by atoms with Crippen LogP contribution in [-0.2, 0) is 0 Å².